The van der Waals surface area contributed by atoms with Crippen molar-refractivity contribution < 1.29 is 4.57 Å². The summed E-state index contributed by atoms with van der Waals surface area (Å²) in [5.41, 5.74) is 12.8. The van der Waals surface area contributed by atoms with Gasteiger partial charge in [0.25, 0.3) is 0 Å². The molecule has 5 aromatic carbocycles. The zero-order valence-electron chi connectivity index (χ0n) is 28.7. The molecule has 1 unspecified atom stereocenters. The van der Waals surface area contributed by atoms with Crippen molar-refractivity contribution in [2.45, 2.75) is 52.4 Å². The molecule has 6 aromatic rings. The second-order valence-corrected chi connectivity index (χ2v) is 16.9. The molecule has 0 aliphatic rings. The van der Waals surface area contributed by atoms with Gasteiger partial charge in [-0.2, -0.15) is 0 Å². The number of aromatic nitrogens is 1. The Kier molecular flexibility index (Phi) is 9.11. The molecule has 0 saturated carbocycles. The van der Waals surface area contributed by atoms with Crippen LogP contribution in [0.3, 0.4) is 0 Å². The third-order valence-electron chi connectivity index (χ3n) is 8.73. The molecule has 48 heavy (non-hydrogen) atoms. The number of hydrogen-bond acceptors (Lipinski definition) is 2. The number of benzene rings is 5. The second-order valence-electron chi connectivity index (χ2n) is 14.4. The maximum atomic E-state index is 14.7. The molecule has 2 nitrogen and oxygen atoms in total. The van der Waals surface area contributed by atoms with Crippen LogP contribution in [0.5, 0.6) is 0 Å². The highest BCUT2D eigenvalue weighted by Gasteiger charge is 2.25. The van der Waals surface area contributed by atoms with Crippen LogP contribution in [0.1, 0.15) is 58.2 Å². The monoisotopic (exact) mass is 643 g/mol. The molecule has 0 N–H and O–H groups in total. The molecule has 0 aliphatic carbocycles. The van der Waals surface area contributed by atoms with E-state index >= 15 is 0 Å². The summed E-state index contributed by atoms with van der Waals surface area (Å²) in [5.74, 6) is 3.18. The standard InChI is InChI=1S/C45H42NOP/c1-44(2,3)38-23-17-35(18-24-38)42-31-37(32-43(46-42)36-19-25-39(26-20-36)45(4,5)6)34-21-27-41(28-22-34)48(47,40-15-11-8-12-16-40)30-29-33-13-9-7-10-14-33/h7-28,31-32H,1-6H3. The van der Waals surface area contributed by atoms with E-state index in [-0.39, 0.29) is 10.8 Å². The zero-order chi connectivity index (χ0) is 33.9. The van der Waals surface area contributed by atoms with Gasteiger partial charge < -0.3 is 0 Å². The maximum absolute atomic E-state index is 14.7. The lowest BCUT2D eigenvalue weighted by molar-refractivity contribution is 0.590. The number of pyridine rings is 1. The molecular weight excluding hydrogens is 601 g/mol. The SMILES string of the molecule is CC(C)(C)c1ccc(-c2cc(-c3ccc(P(=O)(C#Cc4ccccc4)c4ccccc4)cc3)cc(-c3ccc(C(C)(C)C)cc3)n2)cc1. The highest BCUT2D eigenvalue weighted by atomic mass is 31.2. The Labute approximate surface area is 286 Å². The lowest BCUT2D eigenvalue weighted by Gasteiger charge is -2.20. The minimum Gasteiger partial charge on any atom is -0.300 e. The summed E-state index contributed by atoms with van der Waals surface area (Å²) in [6.45, 7) is 13.4. The summed E-state index contributed by atoms with van der Waals surface area (Å²) in [5, 5.41) is 1.44. The van der Waals surface area contributed by atoms with Crippen LogP contribution < -0.4 is 10.6 Å². The first kappa shape index (κ1) is 33.0. The van der Waals surface area contributed by atoms with Gasteiger partial charge in [0.05, 0.1) is 11.4 Å². The van der Waals surface area contributed by atoms with Crippen molar-refractivity contribution in [1.29, 1.82) is 0 Å². The number of nitrogens with zero attached hydrogens (tertiary/aromatic N) is 1. The summed E-state index contributed by atoms with van der Waals surface area (Å²) in [4.78, 5) is 5.17. The van der Waals surface area contributed by atoms with E-state index in [1.165, 1.54) is 11.1 Å². The predicted octanol–water partition coefficient (Wildman–Crippen LogP) is 11.0. The molecule has 238 valence electrons. The van der Waals surface area contributed by atoms with Crippen LogP contribution in [0, 0.1) is 11.6 Å². The zero-order valence-corrected chi connectivity index (χ0v) is 29.6. The van der Waals surface area contributed by atoms with Crippen molar-refractivity contribution >= 4 is 17.8 Å². The topological polar surface area (TPSA) is 30.0 Å². The molecule has 6 rings (SSSR count). The Morgan fingerprint density at radius 2 is 0.896 bits per heavy atom. The van der Waals surface area contributed by atoms with Crippen LogP contribution in [0.25, 0.3) is 33.6 Å². The van der Waals surface area contributed by atoms with Gasteiger partial charge in [-0.3, -0.25) is 4.57 Å². The van der Waals surface area contributed by atoms with Crippen LogP contribution >= 0.6 is 7.14 Å². The summed E-state index contributed by atoms with van der Waals surface area (Å²) in [6, 6.07) is 49.2. The van der Waals surface area contributed by atoms with Crippen LogP contribution in [0.4, 0.5) is 0 Å². The molecule has 0 fully saturated rings. The van der Waals surface area contributed by atoms with Crippen molar-refractivity contribution in [1.82, 2.24) is 4.98 Å². The van der Waals surface area contributed by atoms with E-state index in [0.717, 1.165) is 44.5 Å². The Morgan fingerprint density at radius 3 is 1.35 bits per heavy atom. The first-order valence-corrected chi connectivity index (χ1v) is 18.2. The van der Waals surface area contributed by atoms with Crippen LogP contribution in [0.15, 0.2) is 146 Å². The molecule has 0 spiro atoms. The van der Waals surface area contributed by atoms with Gasteiger partial charge in [0.1, 0.15) is 0 Å². The Bertz CT molecular complexity index is 2050. The Hall–Kier alpha value is -4.96. The molecule has 0 saturated heterocycles. The normalized spacial score (nSPS) is 12.9. The van der Waals surface area contributed by atoms with Crippen molar-refractivity contribution in [2.24, 2.45) is 0 Å². The predicted molar refractivity (Wildman–Crippen MR) is 205 cm³/mol. The second kappa shape index (κ2) is 13.3. The fourth-order valence-electron chi connectivity index (χ4n) is 5.72. The van der Waals surface area contributed by atoms with Gasteiger partial charge in [-0.1, -0.05) is 157 Å². The van der Waals surface area contributed by atoms with E-state index in [9.17, 15) is 4.57 Å². The number of hydrogen-bond donors (Lipinski definition) is 0. The third kappa shape index (κ3) is 7.28. The fraction of sp³-hybridized carbons (Fsp3) is 0.178. The van der Waals surface area contributed by atoms with Crippen molar-refractivity contribution in [3.05, 3.63) is 162 Å². The van der Waals surface area contributed by atoms with Gasteiger partial charge in [-0.15, -0.1) is 0 Å². The lowest BCUT2D eigenvalue weighted by Crippen LogP contribution is -2.14. The largest absolute Gasteiger partial charge is 0.300 e. The first-order valence-electron chi connectivity index (χ1n) is 16.5. The van der Waals surface area contributed by atoms with Crippen LogP contribution in [-0.4, -0.2) is 4.98 Å². The van der Waals surface area contributed by atoms with E-state index in [0.29, 0.717) is 5.30 Å². The molecule has 1 aromatic heterocycles. The fourth-order valence-corrected chi connectivity index (χ4v) is 7.72. The van der Waals surface area contributed by atoms with Gasteiger partial charge >= 0.3 is 0 Å². The summed E-state index contributed by atoms with van der Waals surface area (Å²) in [7, 11) is -3.23. The van der Waals surface area contributed by atoms with Crippen molar-refractivity contribution in [3.63, 3.8) is 0 Å². The lowest BCUT2D eigenvalue weighted by atomic mass is 9.86. The third-order valence-corrected chi connectivity index (χ3v) is 11.2. The summed E-state index contributed by atoms with van der Waals surface area (Å²) >= 11 is 0. The molecule has 1 atom stereocenters. The Morgan fingerprint density at radius 1 is 0.479 bits per heavy atom. The van der Waals surface area contributed by atoms with E-state index in [2.05, 4.69) is 126 Å². The molecule has 1 heterocycles. The van der Waals surface area contributed by atoms with Gasteiger partial charge in [0.2, 0.25) is 7.14 Å². The average molecular weight is 644 g/mol. The molecule has 0 bridgehead atoms. The molecule has 0 radical (unpaired) electrons. The van der Waals surface area contributed by atoms with Crippen LogP contribution in [-0.2, 0) is 15.4 Å². The minimum atomic E-state index is -3.23. The smallest absolute Gasteiger partial charge is 0.211 e. The van der Waals surface area contributed by atoms with Gasteiger partial charge in [-0.05, 0) is 75.1 Å². The summed E-state index contributed by atoms with van der Waals surface area (Å²) < 4.78 is 14.7. The Balaban J connectivity index is 1.44. The highest BCUT2D eigenvalue weighted by Crippen LogP contribution is 2.43. The quantitative estimate of drug-likeness (QED) is 0.138. The minimum absolute atomic E-state index is 0.0696. The van der Waals surface area contributed by atoms with E-state index in [4.69, 9.17) is 4.98 Å². The summed E-state index contributed by atoms with van der Waals surface area (Å²) in [6.07, 6.45) is 0. The van der Waals surface area contributed by atoms with Crippen molar-refractivity contribution in [2.75, 3.05) is 0 Å². The van der Waals surface area contributed by atoms with E-state index in [1.54, 1.807) is 0 Å². The highest BCUT2D eigenvalue weighted by molar-refractivity contribution is 7.83. The van der Waals surface area contributed by atoms with Gasteiger partial charge in [-0.25, -0.2) is 4.98 Å². The number of rotatable bonds is 5. The van der Waals surface area contributed by atoms with E-state index < -0.39 is 7.14 Å². The molecule has 0 aliphatic heterocycles. The molecule has 3 heteroatoms. The molecule has 0 amide bonds. The van der Waals surface area contributed by atoms with Gasteiger partial charge in [0, 0.05) is 27.3 Å². The van der Waals surface area contributed by atoms with Crippen LogP contribution in [0.2, 0.25) is 0 Å². The van der Waals surface area contributed by atoms with Gasteiger partial charge in [0.15, 0.2) is 0 Å². The molecular formula is C45H42NOP. The first-order chi connectivity index (χ1) is 22.9. The average Bonchev–Trinajstić information content (AvgIpc) is 3.11. The maximum Gasteiger partial charge on any atom is 0.211 e. The van der Waals surface area contributed by atoms with E-state index in [1.807, 2.05) is 72.8 Å². The van der Waals surface area contributed by atoms with Crippen molar-refractivity contribution in [3.8, 4) is 45.2 Å².